The SMILES string of the molecule is CC(P(C(C)(C)C)C(C)(C)C)C12CCCC1P(c1cc(C(F)(F)F)cc(C(F)(F)F)c1)c1cc(C(F)(F)F)cc(C(F)(F)F)c1[C@@H]1CCC(C1)C1CCCCCC2CC1. The van der Waals surface area contributed by atoms with Crippen LogP contribution < -0.4 is 10.6 Å². The molecule has 7 unspecified atom stereocenters. The molecule has 2 aromatic rings. The van der Waals surface area contributed by atoms with Crippen LogP contribution in [0.5, 0.6) is 0 Å². The van der Waals surface area contributed by atoms with Crippen molar-refractivity contribution in [2.45, 2.75) is 184 Å². The third-order valence-electron chi connectivity index (χ3n) is 14.4. The number of hydrogen-bond acceptors (Lipinski definition) is 0. The van der Waals surface area contributed by atoms with Gasteiger partial charge in [-0.2, -0.15) is 52.7 Å². The predicted octanol–water partition coefficient (Wildman–Crippen LogP) is 16.1. The maximum Gasteiger partial charge on any atom is 0.416 e. The van der Waals surface area contributed by atoms with Crippen molar-refractivity contribution in [3.63, 3.8) is 0 Å². The smallest absolute Gasteiger partial charge is 0.166 e. The van der Waals surface area contributed by atoms with E-state index in [0.717, 1.165) is 44.9 Å². The van der Waals surface area contributed by atoms with Crippen LogP contribution in [0, 0.1) is 23.2 Å². The maximum absolute atomic E-state index is 15.5. The largest absolute Gasteiger partial charge is 0.416 e. The second kappa shape index (κ2) is 16.2. The molecule has 59 heavy (non-hydrogen) atoms. The lowest BCUT2D eigenvalue weighted by Gasteiger charge is -2.58. The van der Waals surface area contributed by atoms with Crippen LogP contribution in [0.25, 0.3) is 0 Å². The third-order valence-corrected chi connectivity index (χ3v) is 21.6. The molecular formula is C45H58F12P2. The van der Waals surface area contributed by atoms with Crippen LogP contribution >= 0.6 is 15.8 Å². The molecule has 2 aromatic carbocycles. The molecular weight excluding hydrogens is 830 g/mol. The summed E-state index contributed by atoms with van der Waals surface area (Å²) in [6, 6.07) is 2.08. The Labute approximate surface area is 343 Å². The average molecular weight is 889 g/mol. The summed E-state index contributed by atoms with van der Waals surface area (Å²) in [6.45, 7) is 15.0. The van der Waals surface area contributed by atoms with E-state index < -0.39 is 85.1 Å². The lowest BCUT2D eigenvalue weighted by Crippen LogP contribution is -2.50. The van der Waals surface area contributed by atoms with Crippen LogP contribution in [0.4, 0.5) is 52.7 Å². The van der Waals surface area contributed by atoms with Gasteiger partial charge in [0.05, 0.1) is 22.3 Å². The summed E-state index contributed by atoms with van der Waals surface area (Å²) >= 11 is 0. The molecule has 332 valence electrons. The Morgan fingerprint density at radius 1 is 0.576 bits per heavy atom. The Kier molecular flexibility index (Phi) is 12.9. The van der Waals surface area contributed by atoms with E-state index in [2.05, 4.69) is 48.5 Å². The second-order valence-electron chi connectivity index (χ2n) is 19.9. The standard InChI is InChI=1S/C45H58F12P2/c1-26(59(39(2,3)4)40(5,6)7)41-19-11-14-37(41)58(34-22-31(42(46,47)48)21-32(23-34)43(49,50)51)36-25-33(44(52,53)54)24-35(45(55,56)57)38(36)29-16-15-28(20-29)27-12-9-8-10-13-30(41)18-17-27/h21-30,37H,8-20H2,1-7H3/t26?,27?,28?,29-,30?,37?,41?,58?/m1/s1. The van der Waals surface area contributed by atoms with Gasteiger partial charge in [0.15, 0.2) is 0 Å². The number of hydrogen-bond donors (Lipinski definition) is 0. The van der Waals surface area contributed by atoms with Crippen LogP contribution in [0.2, 0.25) is 0 Å². The van der Waals surface area contributed by atoms with E-state index in [1.807, 2.05) is 0 Å². The van der Waals surface area contributed by atoms with Gasteiger partial charge in [0.2, 0.25) is 0 Å². The van der Waals surface area contributed by atoms with Crippen molar-refractivity contribution < 1.29 is 52.7 Å². The molecule has 4 aliphatic rings. The molecule has 0 aromatic heterocycles. The number of halogens is 12. The zero-order chi connectivity index (χ0) is 43.9. The van der Waals surface area contributed by atoms with Gasteiger partial charge < -0.3 is 0 Å². The first-order valence-corrected chi connectivity index (χ1v) is 24.0. The van der Waals surface area contributed by atoms with Crippen molar-refractivity contribution in [1.82, 2.24) is 0 Å². The van der Waals surface area contributed by atoms with E-state index >= 15 is 13.2 Å². The highest BCUT2D eigenvalue weighted by Crippen LogP contribution is 2.74. The van der Waals surface area contributed by atoms with Gasteiger partial charge in [0, 0.05) is 0 Å². The lowest BCUT2D eigenvalue weighted by atomic mass is 9.66. The Morgan fingerprint density at radius 3 is 1.66 bits per heavy atom. The van der Waals surface area contributed by atoms with Crippen LogP contribution in [0.15, 0.2) is 30.3 Å². The first-order valence-electron chi connectivity index (χ1n) is 21.2. The molecule has 1 heterocycles. The molecule has 3 fully saturated rings. The first kappa shape index (κ1) is 47.0. The van der Waals surface area contributed by atoms with E-state index in [1.165, 1.54) is 0 Å². The van der Waals surface area contributed by atoms with Crippen LogP contribution in [0.3, 0.4) is 0 Å². The first-order chi connectivity index (χ1) is 27.0. The Balaban J connectivity index is 1.83. The maximum atomic E-state index is 15.5. The zero-order valence-corrected chi connectivity index (χ0v) is 36.8. The molecule has 3 aliphatic carbocycles. The van der Waals surface area contributed by atoms with Gasteiger partial charge in [0.1, 0.15) is 0 Å². The van der Waals surface area contributed by atoms with Crippen LogP contribution in [0.1, 0.15) is 166 Å². The van der Waals surface area contributed by atoms with Gasteiger partial charge in [-0.3, -0.25) is 0 Å². The average Bonchev–Trinajstić information content (AvgIpc) is 3.75. The summed E-state index contributed by atoms with van der Waals surface area (Å²) in [5, 5.41) is -1.40. The fourth-order valence-electron chi connectivity index (χ4n) is 12.7. The van der Waals surface area contributed by atoms with E-state index in [9.17, 15) is 39.5 Å². The van der Waals surface area contributed by atoms with Crippen molar-refractivity contribution >= 4 is 26.5 Å². The molecule has 0 saturated heterocycles. The fourth-order valence-corrected chi connectivity index (χ4v) is 22.1. The quantitative estimate of drug-likeness (QED) is 0.213. The van der Waals surface area contributed by atoms with E-state index in [0.29, 0.717) is 37.5 Å². The van der Waals surface area contributed by atoms with Gasteiger partial charge in [-0.15, -0.1) is 0 Å². The number of alkyl halides is 12. The van der Waals surface area contributed by atoms with Gasteiger partial charge in [-0.1, -0.05) is 88.5 Å². The van der Waals surface area contributed by atoms with E-state index in [-0.39, 0.29) is 76.0 Å². The van der Waals surface area contributed by atoms with Crippen LogP contribution in [-0.4, -0.2) is 21.6 Å². The van der Waals surface area contributed by atoms with Gasteiger partial charge in [0.25, 0.3) is 0 Å². The molecule has 0 N–H and O–H groups in total. The van der Waals surface area contributed by atoms with Crippen molar-refractivity contribution in [2.75, 3.05) is 0 Å². The molecule has 3 saturated carbocycles. The minimum absolute atomic E-state index is 0.0000391. The molecule has 8 atom stereocenters. The Bertz CT molecular complexity index is 1770. The van der Waals surface area contributed by atoms with Crippen molar-refractivity contribution in [3.8, 4) is 0 Å². The van der Waals surface area contributed by atoms with E-state index in [1.54, 1.807) is 0 Å². The summed E-state index contributed by atoms with van der Waals surface area (Å²) in [4.78, 5) is 0. The Morgan fingerprint density at radius 2 is 1.12 bits per heavy atom. The summed E-state index contributed by atoms with van der Waals surface area (Å²) in [6.07, 6.45) is -12.7. The number of benzene rings is 2. The molecule has 0 nitrogen and oxygen atoms in total. The fraction of sp³-hybridized carbons (Fsp3) is 0.733. The minimum Gasteiger partial charge on any atom is -0.166 e. The molecule has 6 rings (SSSR count). The lowest BCUT2D eigenvalue weighted by molar-refractivity contribution is -0.144. The number of rotatable bonds is 3. The highest BCUT2D eigenvalue weighted by atomic mass is 31.1. The zero-order valence-electron chi connectivity index (χ0n) is 35.0. The molecule has 1 aliphatic heterocycles. The molecule has 4 bridgehead atoms. The summed E-state index contributed by atoms with van der Waals surface area (Å²) in [5.74, 6) is -0.735. The van der Waals surface area contributed by atoms with Gasteiger partial charge in [-0.25, -0.2) is 0 Å². The highest BCUT2D eigenvalue weighted by Gasteiger charge is 2.60. The molecule has 14 heteroatoms. The molecule has 0 amide bonds. The Hall–Kier alpha value is -1.54. The summed E-state index contributed by atoms with van der Waals surface area (Å²) < 4.78 is 180. The van der Waals surface area contributed by atoms with E-state index in [4.69, 9.17) is 0 Å². The molecule has 0 radical (unpaired) electrons. The van der Waals surface area contributed by atoms with Gasteiger partial charge in [-0.05, 0) is 157 Å². The third kappa shape index (κ3) is 9.40. The topological polar surface area (TPSA) is 0 Å². The normalized spacial score (nSPS) is 29.6. The summed E-state index contributed by atoms with van der Waals surface area (Å²) in [5.41, 5.74) is -8.39. The van der Waals surface area contributed by atoms with Crippen molar-refractivity contribution in [2.24, 2.45) is 23.2 Å². The molecule has 0 spiro atoms. The van der Waals surface area contributed by atoms with Crippen molar-refractivity contribution in [1.29, 1.82) is 0 Å². The summed E-state index contributed by atoms with van der Waals surface area (Å²) in [7, 11) is -3.71. The highest BCUT2D eigenvalue weighted by molar-refractivity contribution is 7.74. The van der Waals surface area contributed by atoms with Crippen LogP contribution in [-0.2, 0) is 24.7 Å². The van der Waals surface area contributed by atoms with Crippen molar-refractivity contribution in [3.05, 3.63) is 58.1 Å². The minimum atomic E-state index is -5.28. The number of fused-ring (bicyclic) bond motifs is 10. The predicted molar refractivity (Wildman–Crippen MR) is 214 cm³/mol. The monoisotopic (exact) mass is 888 g/mol. The second-order valence-corrected chi connectivity index (χ2v) is 26.5. The van der Waals surface area contributed by atoms with Gasteiger partial charge >= 0.3 is 24.7 Å².